The van der Waals surface area contributed by atoms with Gasteiger partial charge in [-0.25, -0.2) is 0 Å². The SMILES string of the molecule is CC(C)(C)OC(=O)CNC(Cc1ccc(O)cc1)C(=O)N1CCN(c2ccc(Cl)cc2)CC1. The van der Waals surface area contributed by atoms with Crippen LogP contribution in [0, 0.1) is 0 Å². The number of nitrogens with zero attached hydrogens (tertiary/aromatic N) is 2. The van der Waals surface area contributed by atoms with Gasteiger partial charge in [0, 0.05) is 36.9 Å². The molecule has 2 aromatic rings. The molecule has 2 aromatic carbocycles. The zero-order chi connectivity index (χ0) is 24.0. The summed E-state index contributed by atoms with van der Waals surface area (Å²) in [5, 5.41) is 13.3. The summed E-state index contributed by atoms with van der Waals surface area (Å²) in [6.07, 6.45) is 0.402. The van der Waals surface area contributed by atoms with E-state index in [9.17, 15) is 14.7 Å². The second kappa shape index (κ2) is 10.9. The number of phenols is 1. The van der Waals surface area contributed by atoms with Gasteiger partial charge in [0.15, 0.2) is 0 Å². The Kier molecular flexibility index (Phi) is 8.21. The molecule has 1 amide bonds. The number of carbonyl (C=O) groups is 2. The predicted octanol–water partition coefficient (Wildman–Crippen LogP) is 3.24. The molecule has 1 unspecified atom stereocenters. The van der Waals surface area contributed by atoms with E-state index in [1.54, 1.807) is 24.3 Å². The molecule has 0 aliphatic carbocycles. The maximum absolute atomic E-state index is 13.4. The van der Waals surface area contributed by atoms with Crippen LogP contribution in [0.3, 0.4) is 0 Å². The van der Waals surface area contributed by atoms with Crippen molar-refractivity contribution >= 4 is 29.2 Å². The van der Waals surface area contributed by atoms with Crippen LogP contribution in [0.15, 0.2) is 48.5 Å². The Bertz CT molecular complexity index is 934. The second-order valence-electron chi connectivity index (χ2n) is 9.18. The van der Waals surface area contributed by atoms with Crippen LogP contribution >= 0.6 is 11.6 Å². The number of hydrogen-bond donors (Lipinski definition) is 2. The van der Waals surface area contributed by atoms with E-state index in [1.807, 2.05) is 49.9 Å². The molecule has 178 valence electrons. The van der Waals surface area contributed by atoms with Gasteiger partial charge in [-0.05, 0) is 69.2 Å². The highest BCUT2D eigenvalue weighted by Gasteiger charge is 2.29. The Morgan fingerprint density at radius 1 is 1.03 bits per heavy atom. The minimum atomic E-state index is -0.590. The first-order valence-electron chi connectivity index (χ1n) is 11.1. The average molecular weight is 474 g/mol. The Balaban J connectivity index is 1.64. The lowest BCUT2D eigenvalue weighted by Gasteiger charge is -2.37. The maximum atomic E-state index is 13.4. The molecule has 3 rings (SSSR count). The number of aromatic hydroxyl groups is 1. The number of rotatable bonds is 7. The van der Waals surface area contributed by atoms with Crippen LogP contribution in [0.25, 0.3) is 0 Å². The van der Waals surface area contributed by atoms with Gasteiger partial charge in [0.25, 0.3) is 0 Å². The highest BCUT2D eigenvalue weighted by atomic mass is 35.5. The van der Waals surface area contributed by atoms with Crippen molar-refractivity contribution in [2.75, 3.05) is 37.6 Å². The van der Waals surface area contributed by atoms with Crippen molar-refractivity contribution in [3.63, 3.8) is 0 Å². The van der Waals surface area contributed by atoms with E-state index in [2.05, 4.69) is 10.2 Å². The molecule has 0 bridgehead atoms. The van der Waals surface area contributed by atoms with E-state index in [4.69, 9.17) is 16.3 Å². The molecular weight excluding hydrogens is 442 g/mol. The van der Waals surface area contributed by atoms with Gasteiger partial charge in [0.2, 0.25) is 5.91 Å². The molecule has 0 aromatic heterocycles. The van der Waals surface area contributed by atoms with E-state index >= 15 is 0 Å². The maximum Gasteiger partial charge on any atom is 0.320 e. The van der Waals surface area contributed by atoms with Crippen LogP contribution in [-0.2, 0) is 20.7 Å². The first-order valence-corrected chi connectivity index (χ1v) is 11.5. The van der Waals surface area contributed by atoms with Gasteiger partial charge in [0.05, 0.1) is 12.6 Å². The number of phenolic OH excluding ortho intramolecular Hbond substituents is 1. The van der Waals surface area contributed by atoms with Gasteiger partial charge in [-0.1, -0.05) is 23.7 Å². The van der Waals surface area contributed by atoms with Crippen molar-refractivity contribution in [2.24, 2.45) is 0 Å². The molecule has 33 heavy (non-hydrogen) atoms. The van der Waals surface area contributed by atoms with Crippen molar-refractivity contribution in [2.45, 2.75) is 38.8 Å². The van der Waals surface area contributed by atoms with Crippen LogP contribution in [0.2, 0.25) is 5.02 Å². The van der Waals surface area contributed by atoms with Gasteiger partial charge >= 0.3 is 5.97 Å². The average Bonchev–Trinajstić information content (AvgIpc) is 2.77. The Morgan fingerprint density at radius 3 is 2.21 bits per heavy atom. The monoisotopic (exact) mass is 473 g/mol. The lowest BCUT2D eigenvalue weighted by Crippen LogP contribution is -2.55. The molecule has 8 heteroatoms. The molecule has 2 N–H and O–H groups in total. The Hall–Kier alpha value is -2.77. The number of ether oxygens (including phenoxy) is 1. The summed E-state index contributed by atoms with van der Waals surface area (Å²) in [7, 11) is 0. The number of nitrogens with one attached hydrogen (secondary N) is 1. The molecule has 1 fully saturated rings. The summed E-state index contributed by atoms with van der Waals surface area (Å²) in [6.45, 7) is 7.97. The van der Waals surface area contributed by atoms with E-state index < -0.39 is 17.6 Å². The fourth-order valence-electron chi connectivity index (χ4n) is 3.76. The highest BCUT2D eigenvalue weighted by Crippen LogP contribution is 2.20. The van der Waals surface area contributed by atoms with E-state index in [-0.39, 0.29) is 18.2 Å². The third kappa shape index (κ3) is 7.65. The molecule has 1 aliphatic heterocycles. The molecule has 1 heterocycles. The molecular formula is C25H32ClN3O4. The first kappa shape index (κ1) is 24.9. The quantitative estimate of drug-likeness (QED) is 0.601. The zero-order valence-corrected chi connectivity index (χ0v) is 20.1. The van der Waals surface area contributed by atoms with Crippen LogP contribution in [0.5, 0.6) is 5.75 Å². The third-order valence-corrected chi connectivity index (χ3v) is 5.62. The molecule has 1 aliphatic rings. The summed E-state index contributed by atoms with van der Waals surface area (Å²) >= 11 is 5.99. The van der Waals surface area contributed by atoms with Crippen LogP contribution in [0.4, 0.5) is 5.69 Å². The standard InChI is InChI=1S/C25H32ClN3O4/c1-25(2,3)33-23(31)17-27-22(16-18-4-10-21(30)11-5-18)24(32)29-14-12-28(13-15-29)20-8-6-19(26)7-9-20/h4-11,22,27,30H,12-17H2,1-3H3. The molecule has 1 saturated heterocycles. The van der Waals surface area contributed by atoms with Gasteiger partial charge in [-0.3, -0.25) is 14.9 Å². The predicted molar refractivity (Wildman–Crippen MR) is 130 cm³/mol. The minimum Gasteiger partial charge on any atom is -0.508 e. The number of esters is 1. The minimum absolute atomic E-state index is 0.0533. The first-order chi connectivity index (χ1) is 15.6. The summed E-state index contributed by atoms with van der Waals surface area (Å²) in [5.41, 5.74) is 1.38. The van der Waals surface area contributed by atoms with E-state index in [0.717, 1.165) is 11.3 Å². The van der Waals surface area contributed by atoms with Crippen molar-refractivity contribution in [3.05, 3.63) is 59.1 Å². The van der Waals surface area contributed by atoms with Gasteiger partial charge < -0.3 is 19.6 Å². The molecule has 0 radical (unpaired) electrons. The highest BCUT2D eigenvalue weighted by molar-refractivity contribution is 6.30. The second-order valence-corrected chi connectivity index (χ2v) is 9.62. The summed E-state index contributed by atoms with van der Waals surface area (Å²) in [4.78, 5) is 29.7. The molecule has 0 spiro atoms. The van der Waals surface area contributed by atoms with E-state index in [1.165, 1.54) is 0 Å². The van der Waals surface area contributed by atoms with E-state index in [0.29, 0.717) is 37.6 Å². The zero-order valence-electron chi connectivity index (χ0n) is 19.4. The Labute approximate surface area is 200 Å². The largest absolute Gasteiger partial charge is 0.508 e. The molecule has 1 atom stereocenters. The number of benzene rings is 2. The van der Waals surface area contributed by atoms with Crippen molar-refractivity contribution in [1.29, 1.82) is 0 Å². The van der Waals surface area contributed by atoms with Crippen molar-refractivity contribution < 1.29 is 19.4 Å². The molecule has 0 saturated carbocycles. The van der Waals surface area contributed by atoms with Gasteiger partial charge in [-0.15, -0.1) is 0 Å². The van der Waals surface area contributed by atoms with Crippen LogP contribution in [-0.4, -0.2) is 66.2 Å². The smallest absolute Gasteiger partial charge is 0.320 e. The number of hydrogen-bond acceptors (Lipinski definition) is 6. The van der Waals surface area contributed by atoms with Crippen LogP contribution in [0.1, 0.15) is 26.3 Å². The summed E-state index contributed by atoms with van der Waals surface area (Å²) < 4.78 is 5.38. The van der Waals surface area contributed by atoms with Crippen molar-refractivity contribution in [1.82, 2.24) is 10.2 Å². The number of amides is 1. The van der Waals surface area contributed by atoms with Gasteiger partial charge in [-0.2, -0.15) is 0 Å². The van der Waals surface area contributed by atoms with Crippen molar-refractivity contribution in [3.8, 4) is 5.75 Å². The fourth-order valence-corrected chi connectivity index (χ4v) is 3.88. The number of anilines is 1. The molecule has 7 nitrogen and oxygen atoms in total. The van der Waals surface area contributed by atoms with Crippen LogP contribution < -0.4 is 10.2 Å². The number of carbonyl (C=O) groups excluding carboxylic acids is 2. The number of piperazine rings is 1. The topological polar surface area (TPSA) is 82.1 Å². The fraction of sp³-hybridized carbons (Fsp3) is 0.440. The number of halogens is 1. The van der Waals surface area contributed by atoms with Gasteiger partial charge in [0.1, 0.15) is 11.4 Å². The normalized spacial score (nSPS) is 15.3. The lowest BCUT2D eigenvalue weighted by molar-refractivity contribution is -0.153. The third-order valence-electron chi connectivity index (χ3n) is 5.37. The summed E-state index contributed by atoms with van der Waals surface area (Å²) in [6, 6.07) is 13.9. The lowest BCUT2D eigenvalue weighted by atomic mass is 10.0. The summed E-state index contributed by atoms with van der Waals surface area (Å²) in [5.74, 6) is -0.289. The Morgan fingerprint density at radius 2 is 1.64 bits per heavy atom.